The predicted molar refractivity (Wildman–Crippen MR) is 111 cm³/mol. The number of hydrogen-bond donors (Lipinski definition) is 1. The number of nitro groups is 1. The van der Waals surface area contributed by atoms with Gasteiger partial charge in [0.05, 0.1) is 29.3 Å². The average molecular weight is 378 g/mol. The molecule has 4 rings (SSSR count). The first-order valence-corrected chi connectivity index (χ1v) is 9.70. The van der Waals surface area contributed by atoms with Crippen LogP contribution in [0, 0.1) is 16.0 Å². The van der Waals surface area contributed by atoms with Crippen molar-refractivity contribution in [3.63, 3.8) is 0 Å². The minimum absolute atomic E-state index is 0.0130. The molecule has 0 amide bonds. The van der Waals surface area contributed by atoms with Gasteiger partial charge in [-0.05, 0) is 34.9 Å². The lowest BCUT2D eigenvalue weighted by atomic mass is 9.75. The van der Waals surface area contributed by atoms with Gasteiger partial charge in [-0.15, -0.1) is 0 Å². The summed E-state index contributed by atoms with van der Waals surface area (Å²) < 4.78 is 5.53. The Morgan fingerprint density at radius 3 is 2.46 bits per heavy atom. The van der Waals surface area contributed by atoms with Crippen molar-refractivity contribution in [1.29, 1.82) is 0 Å². The molecule has 0 aromatic heterocycles. The smallest absolute Gasteiger partial charge is 0.275 e. The molecule has 146 valence electrons. The fraction of sp³-hybridized carbons (Fsp3) is 0.391. The largest absolute Gasteiger partial charge is 0.495 e. The molecule has 2 aromatic rings. The summed E-state index contributed by atoms with van der Waals surface area (Å²) in [6, 6.07) is 12.1. The third-order valence-electron chi connectivity index (χ3n) is 6.01. The molecule has 0 bridgehead atoms. The Hall–Kier alpha value is -2.82. The van der Waals surface area contributed by atoms with Crippen LogP contribution in [-0.4, -0.2) is 12.0 Å². The van der Waals surface area contributed by atoms with E-state index >= 15 is 0 Å². The van der Waals surface area contributed by atoms with Gasteiger partial charge in [-0.25, -0.2) is 0 Å². The second-order valence-corrected chi connectivity index (χ2v) is 8.68. The van der Waals surface area contributed by atoms with E-state index in [-0.39, 0.29) is 33.9 Å². The number of allylic oxidation sites excluding steroid dienone is 2. The van der Waals surface area contributed by atoms with E-state index in [1.807, 2.05) is 0 Å². The van der Waals surface area contributed by atoms with Crippen LogP contribution in [0.5, 0.6) is 5.75 Å². The normalized spacial score (nSPS) is 22.9. The van der Waals surface area contributed by atoms with Crippen molar-refractivity contribution in [2.75, 3.05) is 12.4 Å². The highest BCUT2D eigenvalue weighted by Gasteiger charge is 2.42. The lowest BCUT2D eigenvalue weighted by Crippen LogP contribution is -2.30. The average Bonchev–Trinajstić information content (AvgIpc) is 3.15. The Morgan fingerprint density at radius 2 is 1.86 bits per heavy atom. The highest BCUT2D eigenvalue weighted by molar-refractivity contribution is 5.73. The molecule has 5 heteroatoms. The van der Waals surface area contributed by atoms with Crippen LogP contribution in [0.15, 0.2) is 48.6 Å². The third kappa shape index (κ3) is 2.95. The molecule has 0 saturated carbocycles. The van der Waals surface area contributed by atoms with Gasteiger partial charge in [-0.1, -0.05) is 57.2 Å². The highest BCUT2D eigenvalue weighted by atomic mass is 16.6. The van der Waals surface area contributed by atoms with E-state index in [1.54, 1.807) is 19.2 Å². The van der Waals surface area contributed by atoms with E-state index in [0.29, 0.717) is 5.75 Å². The number of rotatable bonds is 3. The summed E-state index contributed by atoms with van der Waals surface area (Å²) in [5, 5.41) is 15.2. The molecule has 1 aliphatic heterocycles. The van der Waals surface area contributed by atoms with Gasteiger partial charge in [-0.3, -0.25) is 10.1 Å². The SMILES string of the molecule is COc1ccc([N+](=O)[O-])c2c1N[C@H](c1ccc(C(C)(C)C)cc1)[C@@H]1CC=C[C@@H]21. The van der Waals surface area contributed by atoms with Gasteiger partial charge in [0.25, 0.3) is 5.69 Å². The molecule has 1 N–H and O–H groups in total. The number of fused-ring (bicyclic) bond motifs is 3. The summed E-state index contributed by atoms with van der Waals surface area (Å²) in [5.41, 5.74) is 4.24. The van der Waals surface area contributed by atoms with Crippen molar-refractivity contribution >= 4 is 11.4 Å². The van der Waals surface area contributed by atoms with Crippen molar-refractivity contribution in [1.82, 2.24) is 0 Å². The molecule has 3 atom stereocenters. The molecule has 2 aromatic carbocycles. The number of ether oxygens (including phenoxy) is 1. The zero-order valence-electron chi connectivity index (χ0n) is 16.7. The highest BCUT2D eigenvalue weighted by Crippen LogP contribution is 2.54. The second kappa shape index (κ2) is 6.66. The van der Waals surface area contributed by atoms with Crippen LogP contribution in [0.25, 0.3) is 0 Å². The first-order valence-electron chi connectivity index (χ1n) is 9.70. The summed E-state index contributed by atoms with van der Waals surface area (Å²) in [7, 11) is 1.60. The fourth-order valence-corrected chi connectivity index (χ4v) is 4.51. The Bertz CT molecular complexity index is 942. The minimum atomic E-state index is -0.290. The standard InChI is InChI=1S/C23H26N2O3/c1-23(2,3)15-10-8-14(9-11-15)21-17-7-5-6-16(17)20-18(25(26)27)12-13-19(28-4)22(20)24-21/h5-6,8-13,16-17,21,24H,7H2,1-4H3/t16-,17-,21-/m1/s1. The van der Waals surface area contributed by atoms with Gasteiger partial charge in [0.2, 0.25) is 0 Å². The summed E-state index contributed by atoms with van der Waals surface area (Å²) >= 11 is 0. The Morgan fingerprint density at radius 1 is 1.14 bits per heavy atom. The lowest BCUT2D eigenvalue weighted by molar-refractivity contribution is -0.385. The minimum Gasteiger partial charge on any atom is -0.495 e. The van der Waals surface area contributed by atoms with Gasteiger partial charge < -0.3 is 10.1 Å². The summed E-state index contributed by atoms with van der Waals surface area (Å²) in [6.07, 6.45) is 5.16. The number of nitro benzene ring substituents is 1. The van der Waals surface area contributed by atoms with Crippen LogP contribution in [0.1, 0.15) is 55.8 Å². The molecular weight excluding hydrogens is 352 g/mol. The van der Waals surface area contributed by atoms with Gasteiger partial charge >= 0.3 is 0 Å². The van der Waals surface area contributed by atoms with E-state index in [9.17, 15) is 10.1 Å². The summed E-state index contributed by atoms with van der Waals surface area (Å²) in [4.78, 5) is 11.4. The summed E-state index contributed by atoms with van der Waals surface area (Å²) in [5.74, 6) is 0.911. The molecule has 2 aliphatic rings. The van der Waals surface area contributed by atoms with Crippen molar-refractivity contribution in [3.05, 3.63) is 75.4 Å². The molecule has 1 aliphatic carbocycles. The third-order valence-corrected chi connectivity index (χ3v) is 6.01. The van der Waals surface area contributed by atoms with Crippen molar-refractivity contribution in [3.8, 4) is 5.75 Å². The number of anilines is 1. The van der Waals surface area contributed by atoms with E-state index in [2.05, 4.69) is 62.5 Å². The van der Waals surface area contributed by atoms with Crippen LogP contribution < -0.4 is 10.1 Å². The molecule has 28 heavy (non-hydrogen) atoms. The lowest BCUT2D eigenvalue weighted by Gasteiger charge is -2.38. The van der Waals surface area contributed by atoms with Crippen LogP contribution >= 0.6 is 0 Å². The van der Waals surface area contributed by atoms with Crippen LogP contribution in [0.2, 0.25) is 0 Å². The van der Waals surface area contributed by atoms with Crippen LogP contribution in [0.3, 0.4) is 0 Å². The maximum atomic E-state index is 11.7. The fourth-order valence-electron chi connectivity index (χ4n) is 4.51. The van der Waals surface area contributed by atoms with Crippen molar-refractivity contribution in [2.45, 2.75) is 44.6 Å². The zero-order valence-corrected chi connectivity index (χ0v) is 16.7. The van der Waals surface area contributed by atoms with Gasteiger partial charge in [0.1, 0.15) is 5.75 Å². The molecule has 0 spiro atoms. The predicted octanol–water partition coefficient (Wildman–Crippen LogP) is 5.73. The van der Waals surface area contributed by atoms with Crippen LogP contribution in [0.4, 0.5) is 11.4 Å². The molecule has 0 radical (unpaired) electrons. The van der Waals surface area contributed by atoms with Crippen LogP contribution in [-0.2, 0) is 5.41 Å². The number of methoxy groups -OCH3 is 1. The topological polar surface area (TPSA) is 64.4 Å². The first-order chi connectivity index (χ1) is 13.3. The maximum absolute atomic E-state index is 11.7. The Kier molecular flexibility index (Phi) is 4.41. The number of nitrogens with zero attached hydrogens (tertiary/aromatic N) is 1. The van der Waals surface area contributed by atoms with Gasteiger partial charge in [0.15, 0.2) is 0 Å². The zero-order chi connectivity index (χ0) is 20.1. The maximum Gasteiger partial charge on any atom is 0.275 e. The first kappa shape index (κ1) is 18.5. The number of benzene rings is 2. The van der Waals surface area contributed by atoms with Crippen molar-refractivity contribution < 1.29 is 9.66 Å². The van der Waals surface area contributed by atoms with E-state index in [0.717, 1.165) is 17.7 Å². The molecule has 0 saturated heterocycles. The molecule has 1 heterocycles. The number of nitrogens with one attached hydrogen (secondary N) is 1. The molecular formula is C23H26N2O3. The monoisotopic (exact) mass is 378 g/mol. The van der Waals surface area contributed by atoms with Gasteiger partial charge in [0, 0.05) is 12.0 Å². The quantitative estimate of drug-likeness (QED) is 0.421. The van der Waals surface area contributed by atoms with Gasteiger partial charge in [-0.2, -0.15) is 0 Å². The second-order valence-electron chi connectivity index (χ2n) is 8.68. The Balaban J connectivity index is 1.80. The molecule has 0 unspecified atom stereocenters. The number of hydrogen-bond acceptors (Lipinski definition) is 4. The van der Waals surface area contributed by atoms with E-state index < -0.39 is 0 Å². The Labute approximate surface area is 165 Å². The summed E-state index contributed by atoms with van der Waals surface area (Å²) in [6.45, 7) is 6.62. The van der Waals surface area contributed by atoms with E-state index in [1.165, 1.54) is 11.1 Å². The van der Waals surface area contributed by atoms with Crippen molar-refractivity contribution in [2.24, 2.45) is 5.92 Å². The molecule has 5 nitrogen and oxygen atoms in total. The molecule has 0 fully saturated rings. The van der Waals surface area contributed by atoms with E-state index in [4.69, 9.17) is 4.74 Å².